The first-order valence-corrected chi connectivity index (χ1v) is 6.44. The van der Waals surface area contributed by atoms with Crippen molar-refractivity contribution in [3.63, 3.8) is 0 Å². The third-order valence-corrected chi connectivity index (χ3v) is 2.71. The quantitative estimate of drug-likeness (QED) is 0.850. The highest BCUT2D eigenvalue weighted by Crippen LogP contribution is 2.21. The predicted molar refractivity (Wildman–Crippen MR) is 78.0 cm³/mol. The van der Waals surface area contributed by atoms with Crippen molar-refractivity contribution in [3.8, 4) is 0 Å². The number of nitrogens with two attached hydrogens (primary N) is 1. The Morgan fingerprint density at radius 2 is 2.15 bits per heavy atom. The van der Waals surface area contributed by atoms with Crippen molar-refractivity contribution in [2.75, 3.05) is 19.3 Å². The van der Waals surface area contributed by atoms with Crippen LogP contribution in [0.1, 0.15) is 26.5 Å². The van der Waals surface area contributed by atoms with E-state index < -0.39 is 11.7 Å². The lowest BCUT2D eigenvalue weighted by molar-refractivity contribution is 0.0519. The summed E-state index contributed by atoms with van der Waals surface area (Å²) in [5.41, 5.74) is 6.86. The third kappa shape index (κ3) is 3.20. The molecule has 0 atom stereocenters. The molecular formula is C14H20N4O2. The summed E-state index contributed by atoms with van der Waals surface area (Å²) in [7, 11) is 1.98. The zero-order valence-corrected chi connectivity index (χ0v) is 12.3. The Morgan fingerprint density at radius 3 is 2.70 bits per heavy atom. The highest BCUT2D eigenvalue weighted by Gasteiger charge is 2.21. The zero-order chi connectivity index (χ0) is 14.9. The second kappa shape index (κ2) is 5.03. The van der Waals surface area contributed by atoms with Gasteiger partial charge >= 0.3 is 6.09 Å². The summed E-state index contributed by atoms with van der Waals surface area (Å²) in [6.07, 6.45) is 5.35. The lowest BCUT2D eigenvalue weighted by Gasteiger charge is -2.19. The Morgan fingerprint density at radius 1 is 1.45 bits per heavy atom. The fourth-order valence-corrected chi connectivity index (χ4v) is 1.76. The molecule has 108 valence electrons. The van der Waals surface area contributed by atoms with Gasteiger partial charge in [-0.05, 0) is 33.0 Å². The average Bonchev–Trinajstić information content (AvgIpc) is 2.70. The first-order valence-electron chi connectivity index (χ1n) is 6.44. The molecule has 0 aliphatic carbocycles. The normalized spacial score (nSPS) is 15.2. The SMILES string of the molecule is CN1C=CC(c2cc(N)n(C(=O)OC(C)(C)C)n2)=CC1. The van der Waals surface area contributed by atoms with Crippen LogP contribution in [0.4, 0.5) is 10.6 Å². The van der Waals surface area contributed by atoms with Crippen molar-refractivity contribution in [2.45, 2.75) is 26.4 Å². The number of carbonyl (C=O) groups excluding carboxylic acids is 1. The number of rotatable bonds is 1. The number of likely N-dealkylation sites (N-methyl/N-ethyl adjacent to an activating group) is 1. The first kappa shape index (κ1) is 14.2. The highest BCUT2D eigenvalue weighted by molar-refractivity contribution is 5.78. The molecule has 0 amide bonds. The van der Waals surface area contributed by atoms with E-state index in [1.54, 1.807) is 26.8 Å². The van der Waals surface area contributed by atoms with Crippen LogP contribution in [0.25, 0.3) is 5.57 Å². The van der Waals surface area contributed by atoms with Gasteiger partial charge in [-0.2, -0.15) is 5.10 Å². The van der Waals surface area contributed by atoms with Crippen LogP contribution in [0.3, 0.4) is 0 Å². The number of hydrogen-bond donors (Lipinski definition) is 1. The van der Waals surface area contributed by atoms with Gasteiger partial charge in [0.15, 0.2) is 0 Å². The van der Waals surface area contributed by atoms with Gasteiger partial charge in [0.05, 0.1) is 5.69 Å². The first-order chi connectivity index (χ1) is 9.26. The van der Waals surface area contributed by atoms with Gasteiger partial charge in [-0.25, -0.2) is 4.79 Å². The van der Waals surface area contributed by atoms with E-state index in [9.17, 15) is 4.79 Å². The predicted octanol–water partition coefficient (Wildman–Crippen LogP) is 2.09. The molecule has 1 aliphatic heterocycles. The van der Waals surface area contributed by atoms with Crippen LogP contribution in [0.2, 0.25) is 0 Å². The maximum Gasteiger partial charge on any atom is 0.437 e. The molecule has 2 rings (SSSR count). The summed E-state index contributed by atoms with van der Waals surface area (Å²) < 4.78 is 6.35. The average molecular weight is 276 g/mol. The Kier molecular flexibility index (Phi) is 3.57. The van der Waals surface area contributed by atoms with Gasteiger partial charge in [-0.1, -0.05) is 6.08 Å². The second-order valence-corrected chi connectivity index (χ2v) is 5.76. The molecule has 0 radical (unpaired) electrons. The summed E-state index contributed by atoms with van der Waals surface area (Å²) in [5, 5.41) is 4.22. The van der Waals surface area contributed by atoms with Crippen LogP contribution in [-0.4, -0.2) is 40.0 Å². The summed E-state index contributed by atoms with van der Waals surface area (Å²) in [4.78, 5) is 14.0. The minimum Gasteiger partial charge on any atom is -0.442 e. The van der Waals surface area contributed by atoms with Gasteiger partial charge in [0.1, 0.15) is 11.4 Å². The molecule has 6 heteroatoms. The van der Waals surface area contributed by atoms with E-state index in [0.29, 0.717) is 5.69 Å². The fraction of sp³-hybridized carbons (Fsp3) is 0.429. The molecule has 0 aromatic carbocycles. The monoisotopic (exact) mass is 276 g/mol. The summed E-state index contributed by atoms with van der Waals surface area (Å²) >= 11 is 0. The molecule has 0 saturated carbocycles. The van der Waals surface area contributed by atoms with Crippen LogP contribution >= 0.6 is 0 Å². The number of hydrogen-bond acceptors (Lipinski definition) is 5. The van der Waals surface area contributed by atoms with Gasteiger partial charge in [0.2, 0.25) is 0 Å². The van der Waals surface area contributed by atoms with Gasteiger partial charge in [-0.3, -0.25) is 0 Å². The van der Waals surface area contributed by atoms with E-state index in [4.69, 9.17) is 10.5 Å². The number of allylic oxidation sites excluding steroid dienone is 2. The number of anilines is 1. The Labute approximate surface area is 118 Å². The molecule has 0 bridgehead atoms. The van der Waals surface area contributed by atoms with Gasteiger partial charge < -0.3 is 15.4 Å². The third-order valence-electron chi connectivity index (χ3n) is 2.71. The topological polar surface area (TPSA) is 73.4 Å². The van der Waals surface area contributed by atoms with Gasteiger partial charge in [0.25, 0.3) is 0 Å². The minimum absolute atomic E-state index is 0.266. The van der Waals surface area contributed by atoms with E-state index in [-0.39, 0.29) is 5.82 Å². The van der Waals surface area contributed by atoms with Crippen LogP contribution < -0.4 is 5.73 Å². The number of nitrogen functional groups attached to an aromatic ring is 1. The van der Waals surface area contributed by atoms with Gasteiger partial charge in [-0.15, -0.1) is 4.68 Å². The molecule has 20 heavy (non-hydrogen) atoms. The van der Waals surface area contributed by atoms with Crippen molar-refractivity contribution >= 4 is 17.5 Å². The van der Waals surface area contributed by atoms with E-state index in [2.05, 4.69) is 5.10 Å². The minimum atomic E-state index is -0.581. The molecule has 0 unspecified atom stereocenters. The summed E-state index contributed by atoms with van der Waals surface area (Å²) in [6, 6.07) is 1.67. The zero-order valence-electron chi connectivity index (χ0n) is 12.3. The van der Waals surface area contributed by atoms with Crippen molar-refractivity contribution in [2.24, 2.45) is 0 Å². The molecular weight excluding hydrogens is 256 g/mol. The van der Waals surface area contributed by atoms with Crippen molar-refractivity contribution in [1.82, 2.24) is 14.7 Å². The molecule has 2 N–H and O–H groups in total. The number of ether oxygens (including phenoxy) is 1. The van der Waals surface area contributed by atoms with E-state index >= 15 is 0 Å². The number of nitrogens with zero attached hydrogens (tertiary/aromatic N) is 3. The van der Waals surface area contributed by atoms with Crippen molar-refractivity contribution < 1.29 is 9.53 Å². The maximum absolute atomic E-state index is 12.0. The van der Waals surface area contributed by atoms with Crippen LogP contribution in [-0.2, 0) is 4.74 Å². The molecule has 0 saturated heterocycles. The largest absolute Gasteiger partial charge is 0.442 e. The molecule has 6 nitrogen and oxygen atoms in total. The van der Waals surface area contributed by atoms with E-state index in [1.165, 1.54) is 0 Å². The summed E-state index contributed by atoms with van der Waals surface area (Å²) in [5.74, 6) is 0.266. The fourth-order valence-electron chi connectivity index (χ4n) is 1.76. The van der Waals surface area contributed by atoms with Gasteiger partial charge in [0, 0.05) is 25.2 Å². The van der Waals surface area contributed by atoms with Crippen LogP contribution in [0, 0.1) is 0 Å². The highest BCUT2D eigenvalue weighted by atomic mass is 16.6. The molecule has 2 heterocycles. The Hall–Kier alpha value is -2.24. The van der Waals surface area contributed by atoms with Crippen LogP contribution in [0.15, 0.2) is 24.4 Å². The van der Waals surface area contributed by atoms with Crippen LogP contribution in [0.5, 0.6) is 0 Å². The summed E-state index contributed by atoms with van der Waals surface area (Å²) in [6.45, 7) is 6.19. The lowest BCUT2D eigenvalue weighted by Crippen LogP contribution is -2.28. The number of carbonyl (C=O) groups is 1. The molecule has 1 aromatic heterocycles. The van der Waals surface area contributed by atoms with Crippen molar-refractivity contribution in [3.05, 3.63) is 30.1 Å². The Bertz CT molecular complexity index is 578. The standard InChI is InChI=1S/C14H20N4O2/c1-14(2,3)20-13(19)18-12(15)9-11(16-18)10-5-7-17(4)8-6-10/h5-7,9H,8,15H2,1-4H3. The smallest absolute Gasteiger partial charge is 0.437 e. The van der Waals surface area contributed by atoms with E-state index in [1.807, 2.05) is 30.3 Å². The lowest BCUT2D eigenvalue weighted by atomic mass is 10.1. The number of aromatic nitrogens is 2. The molecule has 1 aliphatic rings. The molecule has 0 fully saturated rings. The van der Waals surface area contributed by atoms with E-state index in [0.717, 1.165) is 16.8 Å². The Balaban J connectivity index is 2.22. The van der Waals surface area contributed by atoms with Crippen molar-refractivity contribution in [1.29, 1.82) is 0 Å². The molecule has 0 spiro atoms. The maximum atomic E-state index is 12.0. The second-order valence-electron chi connectivity index (χ2n) is 5.76. The molecule has 1 aromatic rings.